The largest absolute Gasteiger partial charge is 0.289 e. The number of nitrogens with zero attached hydrogens (tertiary/aromatic N) is 4. The van der Waals surface area contributed by atoms with Crippen LogP contribution in [0.5, 0.6) is 0 Å². The van der Waals surface area contributed by atoms with E-state index in [1.165, 1.54) is 40.9 Å². The van der Waals surface area contributed by atoms with Crippen molar-refractivity contribution in [2.75, 3.05) is 6.54 Å². The first kappa shape index (κ1) is 17.9. The van der Waals surface area contributed by atoms with Crippen LogP contribution < -0.4 is 0 Å². The summed E-state index contributed by atoms with van der Waals surface area (Å²) in [7, 11) is 2.02. The van der Waals surface area contributed by atoms with E-state index in [0.717, 1.165) is 25.2 Å². The molecule has 0 radical (unpaired) electrons. The van der Waals surface area contributed by atoms with Crippen LogP contribution in [0.15, 0.2) is 48.7 Å². The molecule has 1 aromatic carbocycles. The van der Waals surface area contributed by atoms with Gasteiger partial charge in [-0.05, 0) is 74.5 Å². The Morgan fingerprint density at radius 3 is 2.74 bits per heavy atom. The zero-order chi connectivity index (χ0) is 18.8. The Balaban J connectivity index is 1.58. The average molecular weight is 361 g/mol. The molecular weight excluding hydrogens is 332 g/mol. The lowest BCUT2D eigenvalue weighted by molar-refractivity contribution is 0.238. The highest BCUT2D eigenvalue weighted by atomic mass is 15.3. The standard InChI is InChI=1S/C23H28N4/c1-17-7-4-5-8-20(17)14-19-13-18(2)25-22(15-19)23-9-6-12-27(23)16-21-10-11-24-26(21)3/h4-5,7-8,10-11,13,15,23H,6,9,12,14,16H2,1-3H3. The summed E-state index contributed by atoms with van der Waals surface area (Å²) in [5.41, 5.74) is 7.70. The highest BCUT2D eigenvalue weighted by molar-refractivity contribution is 5.34. The van der Waals surface area contributed by atoms with Crippen LogP contribution in [-0.2, 0) is 20.0 Å². The molecule has 4 heteroatoms. The van der Waals surface area contributed by atoms with Crippen molar-refractivity contribution in [3.63, 3.8) is 0 Å². The van der Waals surface area contributed by atoms with Crippen LogP contribution in [-0.4, -0.2) is 26.2 Å². The number of likely N-dealkylation sites (tertiary alicyclic amines) is 1. The van der Waals surface area contributed by atoms with Crippen molar-refractivity contribution in [3.05, 3.63) is 82.4 Å². The fourth-order valence-electron chi connectivity index (χ4n) is 4.18. The van der Waals surface area contributed by atoms with Crippen LogP contribution >= 0.6 is 0 Å². The van der Waals surface area contributed by atoms with Crippen LogP contribution in [0.3, 0.4) is 0 Å². The van der Waals surface area contributed by atoms with E-state index in [2.05, 4.69) is 66.3 Å². The number of benzene rings is 1. The predicted octanol–water partition coefficient (Wildman–Crippen LogP) is 4.36. The summed E-state index contributed by atoms with van der Waals surface area (Å²) >= 11 is 0. The lowest BCUT2D eigenvalue weighted by Gasteiger charge is -2.24. The Hall–Kier alpha value is -2.46. The maximum absolute atomic E-state index is 4.92. The Morgan fingerprint density at radius 1 is 1.11 bits per heavy atom. The van der Waals surface area contributed by atoms with Crippen LogP contribution in [0.4, 0.5) is 0 Å². The van der Waals surface area contributed by atoms with Gasteiger partial charge in [-0.2, -0.15) is 5.10 Å². The normalized spacial score (nSPS) is 17.5. The first-order valence-corrected chi connectivity index (χ1v) is 9.83. The second-order valence-electron chi connectivity index (χ2n) is 7.72. The summed E-state index contributed by atoms with van der Waals surface area (Å²) in [6.07, 6.45) is 5.26. The third-order valence-corrected chi connectivity index (χ3v) is 5.68. The van der Waals surface area contributed by atoms with Crippen LogP contribution in [0.25, 0.3) is 0 Å². The van der Waals surface area contributed by atoms with E-state index in [4.69, 9.17) is 4.98 Å². The lowest BCUT2D eigenvalue weighted by atomic mass is 9.98. The molecule has 0 spiro atoms. The van der Waals surface area contributed by atoms with Crippen molar-refractivity contribution in [1.29, 1.82) is 0 Å². The summed E-state index contributed by atoms with van der Waals surface area (Å²) in [6.45, 7) is 6.37. The van der Waals surface area contributed by atoms with Gasteiger partial charge in [0.05, 0.1) is 17.4 Å². The van der Waals surface area contributed by atoms with E-state index in [1.54, 1.807) is 0 Å². The molecule has 27 heavy (non-hydrogen) atoms. The van der Waals surface area contributed by atoms with Crippen LogP contribution in [0.1, 0.15) is 52.7 Å². The summed E-state index contributed by atoms with van der Waals surface area (Å²) in [4.78, 5) is 7.47. The molecule has 0 amide bonds. The van der Waals surface area contributed by atoms with Gasteiger partial charge in [0.1, 0.15) is 0 Å². The summed E-state index contributed by atoms with van der Waals surface area (Å²) in [5, 5.41) is 4.31. The van der Waals surface area contributed by atoms with Crippen molar-refractivity contribution < 1.29 is 0 Å². The van der Waals surface area contributed by atoms with Crippen LogP contribution in [0.2, 0.25) is 0 Å². The quantitative estimate of drug-likeness (QED) is 0.678. The van der Waals surface area contributed by atoms with Gasteiger partial charge in [0.15, 0.2) is 0 Å². The number of hydrogen-bond acceptors (Lipinski definition) is 3. The highest BCUT2D eigenvalue weighted by Gasteiger charge is 2.28. The fourth-order valence-corrected chi connectivity index (χ4v) is 4.18. The van der Waals surface area contributed by atoms with Crippen molar-refractivity contribution in [1.82, 2.24) is 19.7 Å². The minimum absolute atomic E-state index is 0.399. The molecular formula is C23H28N4. The first-order valence-electron chi connectivity index (χ1n) is 9.83. The minimum Gasteiger partial charge on any atom is -0.289 e. The third kappa shape index (κ3) is 3.96. The number of hydrogen-bond donors (Lipinski definition) is 0. The third-order valence-electron chi connectivity index (χ3n) is 5.68. The lowest BCUT2D eigenvalue weighted by Crippen LogP contribution is -2.25. The Bertz CT molecular complexity index is 928. The molecule has 2 aromatic heterocycles. The van der Waals surface area contributed by atoms with Crippen molar-refractivity contribution >= 4 is 0 Å². The van der Waals surface area contributed by atoms with E-state index in [9.17, 15) is 0 Å². The molecule has 1 aliphatic rings. The molecule has 0 bridgehead atoms. The molecule has 1 fully saturated rings. The molecule has 4 rings (SSSR count). The Morgan fingerprint density at radius 2 is 1.96 bits per heavy atom. The molecule has 0 N–H and O–H groups in total. The SMILES string of the molecule is Cc1cc(Cc2ccccc2C)cc(C2CCCN2Cc2ccnn2C)n1. The average Bonchev–Trinajstić information content (AvgIpc) is 3.26. The van der Waals surface area contributed by atoms with E-state index in [1.807, 2.05) is 17.9 Å². The molecule has 0 aliphatic carbocycles. The number of pyridine rings is 1. The first-order chi connectivity index (χ1) is 13.1. The van der Waals surface area contributed by atoms with E-state index in [-0.39, 0.29) is 0 Å². The van der Waals surface area contributed by atoms with Gasteiger partial charge in [-0.15, -0.1) is 0 Å². The highest BCUT2D eigenvalue weighted by Crippen LogP contribution is 2.33. The molecule has 0 saturated carbocycles. The van der Waals surface area contributed by atoms with Gasteiger partial charge < -0.3 is 0 Å². The van der Waals surface area contributed by atoms with Gasteiger partial charge in [0.2, 0.25) is 0 Å². The van der Waals surface area contributed by atoms with Gasteiger partial charge in [-0.25, -0.2) is 0 Å². The Labute approximate surface area is 161 Å². The minimum atomic E-state index is 0.399. The van der Waals surface area contributed by atoms with E-state index in [0.29, 0.717) is 6.04 Å². The molecule has 1 saturated heterocycles. The van der Waals surface area contributed by atoms with Crippen LogP contribution in [0, 0.1) is 13.8 Å². The van der Waals surface area contributed by atoms with Gasteiger partial charge in [0.25, 0.3) is 0 Å². The monoisotopic (exact) mass is 360 g/mol. The van der Waals surface area contributed by atoms with Crippen molar-refractivity contribution in [2.45, 2.75) is 45.7 Å². The van der Waals surface area contributed by atoms with Gasteiger partial charge in [-0.3, -0.25) is 14.6 Å². The zero-order valence-electron chi connectivity index (χ0n) is 16.5. The molecule has 1 unspecified atom stereocenters. The van der Waals surface area contributed by atoms with Gasteiger partial charge >= 0.3 is 0 Å². The van der Waals surface area contributed by atoms with Crippen molar-refractivity contribution in [2.24, 2.45) is 7.05 Å². The summed E-state index contributed by atoms with van der Waals surface area (Å²) < 4.78 is 1.97. The van der Waals surface area contributed by atoms with E-state index >= 15 is 0 Å². The summed E-state index contributed by atoms with van der Waals surface area (Å²) in [6, 6.07) is 15.7. The smallest absolute Gasteiger partial charge is 0.0581 e. The Kier molecular flexibility index (Phi) is 5.08. The van der Waals surface area contributed by atoms with Crippen molar-refractivity contribution in [3.8, 4) is 0 Å². The number of aryl methyl sites for hydroxylation is 3. The topological polar surface area (TPSA) is 34.0 Å². The molecule has 140 valence electrons. The number of rotatable bonds is 5. The second-order valence-corrected chi connectivity index (χ2v) is 7.72. The molecule has 3 heterocycles. The predicted molar refractivity (Wildman–Crippen MR) is 109 cm³/mol. The maximum Gasteiger partial charge on any atom is 0.0581 e. The van der Waals surface area contributed by atoms with E-state index < -0.39 is 0 Å². The summed E-state index contributed by atoms with van der Waals surface area (Å²) in [5.74, 6) is 0. The molecule has 4 nitrogen and oxygen atoms in total. The zero-order valence-corrected chi connectivity index (χ0v) is 16.5. The molecule has 3 aromatic rings. The van der Waals surface area contributed by atoms with Gasteiger partial charge in [0, 0.05) is 25.5 Å². The van der Waals surface area contributed by atoms with Gasteiger partial charge in [-0.1, -0.05) is 24.3 Å². The number of aromatic nitrogens is 3. The molecule has 1 aliphatic heterocycles. The maximum atomic E-state index is 4.92. The molecule has 1 atom stereocenters. The fraction of sp³-hybridized carbons (Fsp3) is 0.391. The second kappa shape index (κ2) is 7.65.